The van der Waals surface area contributed by atoms with Gasteiger partial charge < -0.3 is 19.0 Å². The smallest absolute Gasteiger partial charge is 0.168 e. The maximum atomic E-state index is 15.8. The minimum atomic E-state index is -3.53. The Morgan fingerprint density at radius 2 is 0.435 bits per heavy atom. The van der Waals surface area contributed by atoms with Crippen LogP contribution in [0.15, 0.2) is 0 Å². The average molecular weight is 712 g/mol. The molecule has 4 aliphatic carbocycles. The van der Waals surface area contributed by atoms with E-state index >= 15 is 8.78 Å². The number of hydrogen-bond acceptors (Lipinski definition) is 4. The maximum Gasteiger partial charge on any atom is 0.168 e. The van der Waals surface area contributed by atoms with Crippen LogP contribution in [0.3, 0.4) is 0 Å². The standard InChI is InChI=1S/C25H25F17O4/c26-3-6(29)12(35)22(13(36)7(3)30)44-20-2(1-43)21(45-23-14(37)8(31)4(27)9(32)15(23)38)19(42)25(18(20)41)46-24-16(39)10(33)5(28)11(34)17(24)40/h1-25H. The highest BCUT2D eigenvalue weighted by Gasteiger charge is 2.63. The molecular weight excluding hydrogens is 687 g/mol. The average Bonchev–Trinajstić information content (AvgIpc) is 3.04. The molecule has 46 heavy (non-hydrogen) atoms. The second kappa shape index (κ2) is 14.1. The van der Waals surface area contributed by atoms with Crippen molar-refractivity contribution < 1.29 is 93.6 Å². The molecule has 4 fully saturated rings. The van der Waals surface area contributed by atoms with Crippen LogP contribution >= 0.6 is 0 Å². The number of alkyl halides is 17. The molecule has 0 saturated heterocycles. The van der Waals surface area contributed by atoms with Crippen molar-refractivity contribution in [2.24, 2.45) is 5.92 Å². The van der Waals surface area contributed by atoms with E-state index in [4.69, 9.17) is 0 Å². The summed E-state index contributed by atoms with van der Waals surface area (Å²) in [7, 11) is 0. The topological polar surface area (TPSA) is 44.8 Å². The zero-order valence-corrected chi connectivity index (χ0v) is 22.5. The van der Waals surface area contributed by atoms with Gasteiger partial charge in [0.1, 0.15) is 42.9 Å². The summed E-state index contributed by atoms with van der Waals surface area (Å²) in [5.41, 5.74) is 0. The summed E-state index contributed by atoms with van der Waals surface area (Å²) >= 11 is 0. The minimum Gasteiger partial charge on any atom is -0.365 e. The molecule has 0 aromatic rings. The van der Waals surface area contributed by atoms with E-state index in [-0.39, 0.29) is 0 Å². The van der Waals surface area contributed by atoms with Crippen LogP contribution in [0.1, 0.15) is 0 Å². The lowest BCUT2D eigenvalue weighted by Gasteiger charge is -2.49. The Labute approximate surface area is 248 Å². The van der Waals surface area contributed by atoms with Crippen molar-refractivity contribution in [1.82, 2.24) is 0 Å². The number of rotatable bonds is 7. The van der Waals surface area contributed by atoms with E-state index in [1.54, 1.807) is 0 Å². The zero-order valence-electron chi connectivity index (χ0n) is 22.5. The Balaban J connectivity index is 1.73. The zero-order chi connectivity index (χ0) is 34.7. The predicted molar refractivity (Wildman–Crippen MR) is 119 cm³/mol. The number of halogens is 17. The van der Waals surface area contributed by atoms with Crippen LogP contribution in [0.25, 0.3) is 0 Å². The summed E-state index contributed by atoms with van der Waals surface area (Å²) in [5.74, 6) is -2.80. The fourth-order valence-electron chi connectivity index (χ4n) is 5.99. The third-order valence-electron chi connectivity index (χ3n) is 8.65. The Kier molecular flexibility index (Phi) is 11.4. The first-order valence-corrected chi connectivity index (χ1v) is 13.7. The van der Waals surface area contributed by atoms with Gasteiger partial charge in [0.05, 0.1) is 5.92 Å². The summed E-state index contributed by atoms with van der Waals surface area (Å²) in [6.45, 7) is 0. The molecule has 0 aliphatic heterocycles. The van der Waals surface area contributed by atoms with Gasteiger partial charge in [0.2, 0.25) is 0 Å². The third-order valence-corrected chi connectivity index (χ3v) is 8.65. The van der Waals surface area contributed by atoms with E-state index in [2.05, 4.69) is 14.2 Å². The van der Waals surface area contributed by atoms with Crippen LogP contribution in [0, 0.1) is 5.92 Å². The summed E-state index contributed by atoms with van der Waals surface area (Å²) in [6, 6.07) is 0. The van der Waals surface area contributed by atoms with Crippen molar-refractivity contribution in [2.45, 2.75) is 142 Å². The third kappa shape index (κ3) is 6.17. The molecule has 268 valence electrons. The molecule has 16 atom stereocenters. The van der Waals surface area contributed by atoms with Gasteiger partial charge >= 0.3 is 0 Å². The Morgan fingerprint density at radius 1 is 0.261 bits per heavy atom. The van der Waals surface area contributed by atoms with Crippen molar-refractivity contribution in [3.63, 3.8) is 0 Å². The molecule has 0 heterocycles. The van der Waals surface area contributed by atoms with Gasteiger partial charge in [-0.2, -0.15) is 0 Å². The molecule has 4 rings (SSSR count). The molecule has 4 aliphatic rings. The first-order chi connectivity index (χ1) is 21.4. The van der Waals surface area contributed by atoms with Crippen molar-refractivity contribution in [2.75, 3.05) is 0 Å². The number of carbonyl (C=O) groups excluding carboxylic acids is 1. The SMILES string of the molecule is O=CC1C(OC2C(F)C(F)C(F)C(F)C2F)C(F)C(OC2C(F)C(F)C(F)C(F)C2F)C(F)C1OC1C(F)C(F)C(F)C(F)C1F. The van der Waals surface area contributed by atoms with Crippen LogP contribution in [0.5, 0.6) is 0 Å². The first kappa shape index (κ1) is 37.2. The van der Waals surface area contributed by atoms with Gasteiger partial charge in [-0.3, -0.25) is 0 Å². The fourth-order valence-corrected chi connectivity index (χ4v) is 5.99. The second-order valence-corrected chi connectivity index (χ2v) is 11.5. The van der Waals surface area contributed by atoms with Gasteiger partial charge in [0.25, 0.3) is 0 Å². The van der Waals surface area contributed by atoms with Crippen LogP contribution in [-0.2, 0) is 19.0 Å². The highest BCUT2D eigenvalue weighted by Crippen LogP contribution is 2.44. The molecule has 0 radical (unpaired) electrons. The lowest BCUT2D eigenvalue weighted by molar-refractivity contribution is -0.272. The molecule has 0 aromatic heterocycles. The van der Waals surface area contributed by atoms with E-state index in [1.807, 2.05) is 0 Å². The van der Waals surface area contributed by atoms with Crippen LogP contribution < -0.4 is 0 Å². The van der Waals surface area contributed by atoms with Gasteiger partial charge in [-0.05, 0) is 0 Å². The highest BCUT2D eigenvalue weighted by molar-refractivity contribution is 5.57. The molecule has 0 amide bonds. The lowest BCUT2D eigenvalue weighted by atomic mass is 9.78. The number of carbonyl (C=O) groups is 1. The van der Waals surface area contributed by atoms with E-state index in [0.29, 0.717) is 0 Å². The summed E-state index contributed by atoms with van der Waals surface area (Å²) in [5, 5.41) is 0. The van der Waals surface area contributed by atoms with Gasteiger partial charge in [-0.25, -0.2) is 74.6 Å². The van der Waals surface area contributed by atoms with Gasteiger partial charge in [-0.15, -0.1) is 0 Å². The number of aldehydes is 1. The first-order valence-electron chi connectivity index (χ1n) is 13.7. The van der Waals surface area contributed by atoms with Crippen LogP contribution in [0.4, 0.5) is 74.6 Å². The Hall–Kier alpha value is -1.64. The van der Waals surface area contributed by atoms with Crippen molar-refractivity contribution >= 4 is 6.29 Å². The Bertz CT molecular complexity index is 937. The lowest BCUT2D eigenvalue weighted by Crippen LogP contribution is -2.68. The van der Waals surface area contributed by atoms with Gasteiger partial charge in [-0.1, -0.05) is 0 Å². The largest absolute Gasteiger partial charge is 0.365 e. The van der Waals surface area contributed by atoms with Gasteiger partial charge in [0, 0.05) is 0 Å². The molecule has 0 bridgehead atoms. The normalized spacial score (nSPS) is 58.5. The molecule has 4 nitrogen and oxygen atoms in total. The molecular formula is C25H25F17O4. The molecule has 4 saturated carbocycles. The van der Waals surface area contributed by atoms with Crippen molar-refractivity contribution in [3.8, 4) is 0 Å². The minimum absolute atomic E-state index is 0.605. The fraction of sp³-hybridized carbons (Fsp3) is 0.960. The maximum absolute atomic E-state index is 15.8. The molecule has 16 unspecified atom stereocenters. The predicted octanol–water partition coefficient (Wildman–Crippen LogP) is 4.87. The summed E-state index contributed by atoms with van der Waals surface area (Å²) in [6.07, 6.45) is -79.3. The quantitative estimate of drug-likeness (QED) is 0.280. The highest BCUT2D eigenvalue weighted by atomic mass is 19.2. The van der Waals surface area contributed by atoms with E-state index in [9.17, 15) is 70.7 Å². The van der Waals surface area contributed by atoms with E-state index < -0.39 is 154 Å². The monoisotopic (exact) mass is 712 g/mol. The van der Waals surface area contributed by atoms with E-state index in [0.717, 1.165) is 0 Å². The summed E-state index contributed by atoms with van der Waals surface area (Å²) in [4.78, 5) is 12.0. The Morgan fingerprint density at radius 3 is 0.652 bits per heavy atom. The number of ether oxygens (including phenoxy) is 3. The number of hydrogen-bond donors (Lipinski definition) is 0. The second-order valence-electron chi connectivity index (χ2n) is 11.5. The van der Waals surface area contributed by atoms with Crippen molar-refractivity contribution in [3.05, 3.63) is 0 Å². The van der Waals surface area contributed by atoms with E-state index in [1.165, 1.54) is 0 Å². The summed E-state index contributed by atoms with van der Waals surface area (Å²) < 4.78 is 258. The van der Waals surface area contributed by atoms with Crippen LogP contribution in [0.2, 0.25) is 0 Å². The molecule has 0 aromatic carbocycles. The molecule has 0 N–H and O–H groups in total. The molecule has 0 spiro atoms. The van der Waals surface area contributed by atoms with Crippen molar-refractivity contribution in [1.29, 1.82) is 0 Å². The van der Waals surface area contributed by atoms with Gasteiger partial charge in [0.15, 0.2) is 105 Å². The van der Waals surface area contributed by atoms with Crippen LogP contribution in [-0.4, -0.2) is 148 Å². The molecule has 21 heteroatoms.